The van der Waals surface area contributed by atoms with Gasteiger partial charge < -0.3 is 5.32 Å². The smallest absolute Gasteiger partial charge is 0.243 e. The number of rotatable bonds is 5. The van der Waals surface area contributed by atoms with Crippen LogP contribution in [0.1, 0.15) is 55.3 Å². The Morgan fingerprint density at radius 2 is 1.77 bits per heavy atom. The molecule has 1 amide bonds. The van der Waals surface area contributed by atoms with Gasteiger partial charge in [0.15, 0.2) is 0 Å². The van der Waals surface area contributed by atoms with E-state index < -0.39 is 10.0 Å². The molecule has 7 heteroatoms. The highest BCUT2D eigenvalue weighted by atomic mass is 35.5. The molecule has 5 nitrogen and oxygen atoms in total. The molecule has 0 radical (unpaired) electrons. The number of fused-ring (bicyclic) bond motifs is 1. The zero-order chi connectivity index (χ0) is 22.0. The van der Waals surface area contributed by atoms with Gasteiger partial charge in [0, 0.05) is 18.1 Å². The predicted molar refractivity (Wildman–Crippen MR) is 123 cm³/mol. The third kappa shape index (κ3) is 4.97. The lowest BCUT2D eigenvalue weighted by Gasteiger charge is -2.32. The molecule has 2 aromatic rings. The van der Waals surface area contributed by atoms with E-state index in [1.165, 1.54) is 40.4 Å². The lowest BCUT2D eigenvalue weighted by atomic mass is 9.89. The Kier molecular flexibility index (Phi) is 6.70. The number of nitrogens with one attached hydrogen (secondary N) is 1. The fourth-order valence-electron chi connectivity index (χ4n) is 4.57. The minimum atomic E-state index is -3.64. The van der Waals surface area contributed by atoms with E-state index in [4.69, 9.17) is 11.6 Å². The second-order valence-corrected chi connectivity index (χ2v) is 11.0. The van der Waals surface area contributed by atoms with Crippen molar-refractivity contribution in [2.24, 2.45) is 5.92 Å². The lowest BCUT2D eigenvalue weighted by Crippen LogP contribution is -2.45. The summed E-state index contributed by atoms with van der Waals surface area (Å²) in [6.45, 7) is 2.62. The minimum absolute atomic E-state index is 0.0822. The van der Waals surface area contributed by atoms with Crippen LogP contribution < -0.4 is 5.32 Å². The van der Waals surface area contributed by atoms with Crippen molar-refractivity contribution in [2.75, 3.05) is 13.1 Å². The zero-order valence-electron chi connectivity index (χ0n) is 17.8. The molecule has 1 N–H and O–H groups in total. The first-order valence-corrected chi connectivity index (χ1v) is 12.8. The number of sulfonamides is 1. The van der Waals surface area contributed by atoms with Crippen LogP contribution in [0.4, 0.5) is 0 Å². The Bertz CT molecular complexity index is 1050. The van der Waals surface area contributed by atoms with E-state index in [9.17, 15) is 13.2 Å². The van der Waals surface area contributed by atoms with Crippen LogP contribution in [0.2, 0.25) is 5.02 Å². The maximum atomic E-state index is 13.0. The van der Waals surface area contributed by atoms with Crippen LogP contribution >= 0.6 is 11.6 Å². The van der Waals surface area contributed by atoms with E-state index in [1.807, 2.05) is 6.92 Å². The number of carbonyl (C=O) groups excluding carboxylic acids is 1. The van der Waals surface area contributed by atoms with E-state index in [1.54, 1.807) is 12.1 Å². The van der Waals surface area contributed by atoms with Gasteiger partial charge in [-0.3, -0.25) is 4.79 Å². The summed E-state index contributed by atoms with van der Waals surface area (Å²) in [5.74, 6) is -0.433. The molecule has 1 fully saturated rings. The van der Waals surface area contributed by atoms with Crippen molar-refractivity contribution in [1.29, 1.82) is 0 Å². The molecule has 1 heterocycles. The lowest BCUT2D eigenvalue weighted by molar-refractivity contribution is -0.126. The molecule has 31 heavy (non-hydrogen) atoms. The molecule has 2 aliphatic rings. The van der Waals surface area contributed by atoms with Gasteiger partial charge in [-0.05, 0) is 86.4 Å². The quantitative estimate of drug-likeness (QED) is 0.714. The zero-order valence-corrected chi connectivity index (χ0v) is 19.4. The van der Waals surface area contributed by atoms with Gasteiger partial charge in [-0.15, -0.1) is 0 Å². The third-order valence-corrected chi connectivity index (χ3v) is 8.57. The van der Waals surface area contributed by atoms with Gasteiger partial charge in [-0.2, -0.15) is 4.31 Å². The summed E-state index contributed by atoms with van der Waals surface area (Å²) in [7, 11) is -3.64. The number of carbonyl (C=O) groups is 1. The molecular formula is C24H29ClN2O3S. The fourth-order valence-corrected chi connectivity index (χ4v) is 6.22. The van der Waals surface area contributed by atoms with Gasteiger partial charge in [-0.25, -0.2) is 8.42 Å². The largest absolute Gasteiger partial charge is 0.349 e. The highest BCUT2D eigenvalue weighted by Crippen LogP contribution is 2.27. The average Bonchev–Trinajstić information content (AvgIpc) is 2.79. The van der Waals surface area contributed by atoms with Gasteiger partial charge >= 0.3 is 0 Å². The van der Waals surface area contributed by atoms with Crippen LogP contribution in [0, 0.1) is 5.92 Å². The Hall–Kier alpha value is -1.89. The Morgan fingerprint density at radius 3 is 2.52 bits per heavy atom. The summed E-state index contributed by atoms with van der Waals surface area (Å²) in [6, 6.07) is 12.6. The Balaban J connectivity index is 1.42. The van der Waals surface area contributed by atoms with Crippen molar-refractivity contribution in [3.63, 3.8) is 0 Å². The van der Waals surface area contributed by atoms with Gasteiger partial charge in [0.05, 0.1) is 16.9 Å². The first-order valence-electron chi connectivity index (χ1n) is 11.0. The second-order valence-electron chi connectivity index (χ2n) is 8.62. The van der Waals surface area contributed by atoms with Gasteiger partial charge in [0.1, 0.15) is 0 Å². The normalized spacial score (nSPS) is 20.6. The molecular weight excluding hydrogens is 432 g/mol. The van der Waals surface area contributed by atoms with Crippen LogP contribution in [0.3, 0.4) is 0 Å². The Morgan fingerprint density at radius 1 is 1.06 bits per heavy atom. The number of piperidine rings is 1. The SMILES string of the molecule is C[C@@H](NC(=O)[C@@H]1CCCN(S(=O)(=O)c2ccc(Cl)cc2)C1)c1ccc2c(c1)CCCC2. The van der Waals surface area contributed by atoms with Crippen molar-refractivity contribution in [3.05, 3.63) is 64.2 Å². The van der Waals surface area contributed by atoms with Crippen LogP contribution in [-0.4, -0.2) is 31.7 Å². The van der Waals surface area contributed by atoms with E-state index in [2.05, 4.69) is 23.5 Å². The van der Waals surface area contributed by atoms with E-state index in [-0.39, 0.29) is 29.3 Å². The average molecular weight is 461 g/mol. The van der Waals surface area contributed by atoms with Crippen molar-refractivity contribution in [3.8, 4) is 0 Å². The summed E-state index contributed by atoms with van der Waals surface area (Å²) in [6.07, 6.45) is 6.06. The summed E-state index contributed by atoms with van der Waals surface area (Å²) in [5, 5.41) is 3.61. The van der Waals surface area contributed by atoms with Crippen LogP contribution in [0.15, 0.2) is 47.4 Å². The van der Waals surface area contributed by atoms with Crippen LogP contribution in [-0.2, 0) is 27.7 Å². The predicted octanol–water partition coefficient (Wildman–Crippen LogP) is 4.50. The van der Waals surface area contributed by atoms with Crippen molar-refractivity contribution < 1.29 is 13.2 Å². The maximum Gasteiger partial charge on any atom is 0.243 e. The first-order chi connectivity index (χ1) is 14.8. The molecule has 1 saturated heterocycles. The number of hydrogen-bond donors (Lipinski definition) is 1. The first kappa shape index (κ1) is 22.3. The molecule has 2 atom stereocenters. The van der Waals surface area contributed by atoms with E-state index in [0.717, 1.165) is 18.4 Å². The highest BCUT2D eigenvalue weighted by molar-refractivity contribution is 7.89. The van der Waals surface area contributed by atoms with Crippen molar-refractivity contribution >= 4 is 27.5 Å². The molecule has 0 saturated carbocycles. The molecule has 166 valence electrons. The molecule has 0 spiro atoms. The summed E-state index contributed by atoms with van der Waals surface area (Å²) in [5.41, 5.74) is 3.92. The number of hydrogen-bond acceptors (Lipinski definition) is 3. The van der Waals surface area contributed by atoms with Crippen LogP contribution in [0.5, 0.6) is 0 Å². The standard InChI is InChI=1S/C24H29ClN2O3S/c1-17(19-9-8-18-5-2-3-6-20(18)15-19)26-24(28)21-7-4-14-27(16-21)31(29,30)23-12-10-22(25)11-13-23/h8-13,15,17,21H,2-7,14,16H2,1H3,(H,26,28)/t17-,21-/m1/s1. The summed E-state index contributed by atoms with van der Waals surface area (Å²) >= 11 is 5.89. The molecule has 0 aromatic heterocycles. The number of amides is 1. The number of nitrogens with zero attached hydrogens (tertiary/aromatic N) is 1. The molecule has 0 unspecified atom stereocenters. The molecule has 0 bridgehead atoms. The molecule has 4 rings (SSSR count). The third-order valence-electron chi connectivity index (χ3n) is 6.44. The topological polar surface area (TPSA) is 66.5 Å². The van der Waals surface area contributed by atoms with Crippen LogP contribution in [0.25, 0.3) is 0 Å². The molecule has 2 aromatic carbocycles. The van der Waals surface area contributed by atoms with Crippen molar-refractivity contribution in [1.82, 2.24) is 9.62 Å². The number of benzene rings is 2. The number of halogens is 1. The van der Waals surface area contributed by atoms with E-state index in [0.29, 0.717) is 24.4 Å². The highest BCUT2D eigenvalue weighted by Gasteiger charge is 2.33. The van der Waals surface area contributed by atoms with E-state index >= 15 is 0 Å². The van der Waals surface area contributed by atoms with Crippen molar-refractivity contribution in [2.45, 2.75) is 56.4 Å². The van der Waals surface area contributed by atoms with Gasteiger partial charge in [0.25, 0.3) is 0 Å². The summed E-state index contributed by atoms with van der Waals surface area (Å²) in [4.78, 5) is 13.2. The molecule has 1 aliphatic heterocycles. The summed E-state index contributed by atoms with van der Waals surface area (Å²) < 4.78 is 27.4. The molecule has 1 aliphatic carbocycles. The monoisotopic (exact) mass is 460 g/mol. The van der Waals surface area contributed by atoms with Gasteiger partial charge in [-0.1, -0.05) is 29.8 Å². The maximum absolute atomic E-state index is 13.0. The minimum Gasteiger partial charge on any atom is -0.349 e. The Labute approximate surface area is 189 Å². The van der Waals surface area contributed by atoms with Gasteiger partial charge in [0.2, 0.25) is 15.9 Å². The second kappa shape index (κ2) is 9.31. The fraction of sp³-hybridized carbons (Fsp3) is 0.458. The number of aryl methyl sites for hydroxylation is 2.